The summed E-state index contributed by atoms with van der Waals surface area (Å²) in [5.74, 6) is 0.494. The molecule has 2 atom stereocenters. The molecule has 0 radical (unpaired) electrons. The number of hydrogen-bond acceptors (Lipinski definition) is 4. The third kappa shape index (κ3) is 3.52. The van der Waals surface area contributed by atoms with Crippen molar-refractivity contribution in [1.82, 2.24) is 0 Å². The zero-order chi connectivity index (χ0) is 14.6. The van der Waals surface area contributed by atoms with Crippen molar-refractivity contribution < 1.29 is 13.5 Å². The standard InChI is InChI=1S/C15H23NO3S/c1-2-10-20(18,19)14-8-6-13(7-9-14)16-15-5-3-4-12(15)11-17/h6-9,12,15-17H,2-5,10-11H2,1H3. The van der Waals surface area contributed by atoms with E-state index in [1.165, 1.54) is 0 Å². The molecule has 5 heteroatoms. The first kappa shape index (κ1) is 15.3. The summed E-state index contributed by atoms with van der Waals surface area (Å²) in [5.41, 5.74) is 0.922. The lowest BCUT2D eigenvalue weighted by atomic mass is 10.0. The summed E-state index contributed by atoms with van der Waals surface area (Å²) in [6.45, 7) is 2.07. The van der Waals surface area contributed by atoms with Crippen LogP contribution in [0.1, 0.15) is 32.6 Å². The van der Waals surface area contributed by atoms with Crippen LogP contribution in [0.4, 0.5) is 5.69 Å². The van der Waals surface area contributed by atoms with Crippen LogP contribution in [0.25, 0.3) is 0 Å². The molecule has 0 heterocycles. The molecule has 20 heavy (non-hydrogen) atoms. The molecule has 0 amide bonds. The van der Waals surface area contributed by atoms with Crippen LogP contribution in [-0.4, -0.2) is 31.9 Å². The maximum atomic E-state index is 11.9. The molecular weight excluding hydrogens is 274 g/mol. The van der Waals surface area contributed by atoms with Crippen molar-refractivity contribution in [2.24, 2.45) is 5.92 Å². The largest absolute Gasteiger partial charge is 0.396 e. The number of aliphatic hydroxyl groups is 1. The number of anilines is 1. The van der Waals surface area contributed by atoms with E-state index in [0.29, 0.717) is 17.2 Å². The number of aliphatic hydroxyl groups excluding tert-OH is 1. The maximum Gasteiger partial charge on any atom is 0.178 e. The zero-order valence-corrected chi connectivity index (χ0v) is 12.7. The number of nitrogens with one attached hydrogen (secondary N) is 1. The van der Waals surface area contributed by atoms with Crippen molar-refractivity contribution in [2.45, 2.75) is 43.5 Å². The highest BCUT2D eigenvalue weighted by molar-refractivity contribution is 7.91. The van der Waals surface area contributed by atoms with Crippen LogP contribution in [0.2, 0.25) is 0 Å². The van der Waals surface area contributed by atoms with Crippen molar-refractivity contribution in [2.75, 3.05) is 17.7 Å². The molecule has 2 rings (SSSR count). The normalized spacial score (nSPS) is 22.9. The van der Waals surface area contributed by atoms with Gasteiger partial charge in [-0.05, 0) is 43.5 Å². The molecule has 1 saturated carbocycles. The molecule has 0 bridgehead atoms. The topological polar surface area (TPSA) is 66.4 Å². The van der Waals surface area contributed by atoms with Gasteiger partial charge in [-0.2, -0.15) is 0 Å². The van der Waals surface area contributed by atoms with Gasteiger partial charge in [-0.25, -0.2) is 8.42 Å². The van der Waals surface area contributed by atoms with Crippen molar-refractivity contribution in [3.63, 3.8) is 0 Å². The molecule has 1 aromatic carbocycles. The van der Waals surface area contributed by atoms with Gasteiger partial charge in [0.1, 0.15) is 0 Å². The second-order valence-electron chi connectivity index (χ2n) is 5.47. The zero-order valence-electron chi connectivity index (χ0n) is 11.9. The van der Waals surface area contributed by atoms with Gasteiger partial charge in [0.15, 0.2) is 9.84 Å². The van der Waals surface area contributed by atoms with Crippen molar-refractivity contribution in [3.8, 4) is 0 Å². The fraction of sp³-hybridized carbons (Fsp3) is 0.600. The second-order valence-corrected chi connectivity index (χ2v) is 7.58. The molecule has 1 aromatic rings. The van der Waals surface area contributed by atoms with Crippen LogP contribution in [0.5, 0.6) is 0 Å². The SMILES string of the molecule is CCCS(=O)(=O)c1ccc(NC2CCCC2CO)cc1. The molecule has 0 spiro atoms. The van der Waals surface area contributed by atoms with E-state index in [-0.39, 0.29) is 18.4 Å². The average Bonchev–Trinajstić information content (AvgIpc) is 2.86. The summed E-state index contributed by atoms with van der Waals surface area (Å²) in [7, 11) is -3.14. The van der Waals surface area contributed by atoms with Gasteiger partial charge in [0.2, 0.25) is 0 Å². The Morgan fingerprint density at radius 3 is 2.55 bits per heavy atom. The molecule has 0 saturated heterocycles. The molecule has 4 nitrogen and oxygen atoms in total. The van der Waals surface area contributed by atoms with Gasteiger partial charge in [0.05, 0.1) is 10.6 Å². The number of benzene rings is 1. The van der Waals surface area contributed by atoms with Crippen LogP contribution >= 0.6 is 0 Å². The van der Waals surface area contributed by atoms with Gasteiger partial charge in [0, 0.05) is 24.3 Å². The van der Waals surface area contributed by atoms with E-state index in [2.05, 4.69) is 5.32 Å². The minimum absolute atomic E-state index is 0.189. The molecule has 2 N–H and O–H groups in total. The van der Waals surface area contributed by atoms with Gasteiger partial charge in [0.25, 0.3) is 0 Å². The van der Waals surface area contributed by atoms with Gasteiger partial charge < -0.3 is 10.4 Å². The van der Waals surface area contributed by atoms with Crippen molar-refractivity contribution in [1.29, 1.82) is 0 Å². The molecule has 1 aliphatic carbocycles. The average molecular weight is 297 g/mol. The van der Waals surface area contributed by atoms with Gasteiger partial charge in [-0.1, -0.05) is 13.3 Å². The first-order valence-corrected chi connectivity index (χ1v) is 8.92. The monoisotopic (exact) mass is 297 g/mol. The Labute approximate surface area is 121 Å². The van der Waals surface area contributed by atoms with E-state index in [0.717, 1.165) is 24.9 Å². The third-order valence-electron chi connectivity index (χ3n) is 3.93. The molecular formula is C15H23NO3S. The van der Waals surface area contributed by atoms with Gasteiger partial charge in [-0.15, -0.1) is 0 Å². The predicted octanol–water partition coefficient (Wildman–Crippen LogP) is 2.44. The molecule has 1 aliphatic rings. The fourth-order valence-electron chi connectivity index (χ4n) is 2.80. The Morgan fingerprint density at radius 1 is 1.25 bits per heavy atom. The number of sulfone groups is 1. The van der Waals surface area contributed by atoms with Crippen LogP contribution in [0.15, 0.2) is 29.2 Å². The lowest BCUT2D eigenvalue weighted by Crippen LogP contribution is -2.26. The van der Waals surface area contributed by atoms with Gasteiger partial charge in [-0.3, -0.25) is 0 Å². The van der Waals surface area contributed by atoms with E-state index in [1.54, 1.807) is 12.1 Å². The lowest BCUT2D eigenvalue weighted by molar-refractivity contribution is 0.222. The number of hydrogen-bond donors (Lipinski definition) is 2. The predicted molar refractivity (Wildman–Crippen MR) is 80.6 cm³/mol. The van der Waals surface area contributed by atoms with E-state index in [4.69, 9.17) is 0 Å². The highest BCUT2D eigenvalue weighted by Gasteiger charge is 2.26. The Hall–Kier alpha value is -1.07. The lowest BCUT2D eigenvalue weighted by Gasteiger charge is -2.20. The Balaban J connectivity index is 2.05. The molecule has 112 valence electrons. The highest BCUT2D eigenvalue weighted by Crippen LogP contribution is 2.28. The Morgan fingerprint density at radius 2 is 1.95 bits per heavy atom. The smallest absolute Gasteiger partial charge is 0.178 e. The van der Waals surface area contributed by atoms with E-state index < -0.39 is 9.84 Å². The molecule has 1 fully saturated rings. The van der Waals surface area contributed by atoms with Crippen molar-refractivity contribution >= 4 is 15.5 Å². The van der Waals surface area contributed by atoms with Crippen LogP contribution in [0, 0.1) is 5.92 Å². The molecule has 2 unspecified atom stereocenters. The summed E-state index contributed by atoms with van der Waals surface area (Å²) >= 11 is 0. The number of rotatable bonds is 6. The first-order chi connectivity index (χ1) is 9.56. The molecule has 0 aromatic heterocycles. The van der Waals surface area contributed by atoms with E-state index in [9.17, 15) is 13.5 Å². The van der Waals surface area contributed by atoms with Crippen LogP contribution in [0.3, 0.4) is 0 Å². The molecule has 0 aliphatic heterocycles. The minimum atomic E-state index is -3.14. The second kappa shape index (κ2) is 6.59. The van der Waals surface area contributed by atoms with E-state index in [1.807, 2.05) is 19.1 Å². The Bertz CT molecular complexity index is 525. The summed E-state index contributed by atoms with van der Waals surface area (Å²) in [6, 6.07) is 7.25. The quantitative estimate of drug-likeness (QED) is 0.846. The summed E-state index contributed by atoms with van der Waals surface area (Å²) in [6.07, 6.45) is 3.87. The minimum Gasteiger partial charge on any atom is -0.396 e. The highest BCUT2D eigenvalue weighted by atomic mass is 32.2. The summed E-state index contributed by atoms with van der Waals surface area (Å²) in [5, 5.41) is 12.7. The summed E-state index contributed by atoms with van der Waals surface area (Å²) < 4.78 is 23.9. The summed E-state index contributed by atoms with van der Waals surface area (Å²) in [4.78, 5) is 0.384. The fourth-order valence-corrected chi connectivity index (χ4v) is 4.13. The van der Waals surface area contributed by atoms with Crippen LogP contribution < -0.4 is 5.32 Å². The third-order valence-corrected chi connectivity index (χ3v) is 5.87. The first-order valence-electron chi connectivity index (χ1n) is 7.27. The Kier molecular flexibility index (Phi) is 5.05. The van der Waals surface area contributed by atoms with Crippen molar-refractivity contribution in [3.05, 3.63) is 24.3 Å². The van der Waals surface area contributed by atoms with Gasteiger partial charge >= 0.3 is 0 Å². The van der Waals surface area contributed by atoms with Crippen LogP contribution in [-0.2, 0) is 9.84 Å². The van der Waals surface area contributed by atoms with E-state index >= 15 is 0 Å². The maximum absolute atomic E-state index is 11.9.